The second kappa shape index (κ2) is 3.33. The molecule has 74 valence electrons. The summed E-state index contributed by atoms with van der Waals surface area (Å²) in [5, 5.41) is 2.23. The minimum absolute atomic E-state index is 0.154. The van der Waals surface area contributed by atoms with E-state index in [4.69, 9.17) is 4.74 Å². The summed E-state index contributed by atoms with van der Waals surface area (Å²) < 4.78 is 5.08. The molecule has 0 bridgehead atoms. The Morgan fingerprint density at radius 3 is 2.46 bits per heavy atom. The van der Waals surface area contributed by atoms with Crippen LogP contribution in [0, 0.1) is 0 Å². The quantitative estimate of drug-likeness (QED) is 0.645. The van der Waals surface area contributed by atoms with Crippen LogP contribution >= 0.6 is 0 Å². The lowest BCUT2D eigenvalue weighted by molar-refractivity contribution is -0.126. The van der Waals surface area contributed by atoms with Gasteiger partial charge in [-0.25, -0.2) is 4.79 Å². The van der Waals surface area contributed by atoms with E-state index in [1.807, 2.05) is 6.92 Å². The fourth-order valence-electron chi connectivity index (χ4n) is 1.10. The lowest BCUT2D eigenvalue weighted by Crippen LogP contribution is -2.45. The van der Waals surface area contributed by atoms with Gasteiger partial charge in [-0.3, -0.25) is 15.0 Å². The summed E-state index contributed by atoms with van der Waals surface area (Å²) in [6, 6.07) is -0.386. The van der Waals surface area contributed by atoms with Gasteiger partial charge < -0.3 is 4.74 Å². The molecule has 3 amide bonds. The lowest BCUT2D eigenvalue weighted by atomic mass is 10.1. The number of ether oxygens (including phenoxy) is 1. The number of hydrogen-bond donors (Lipinski definition) is 1. The van der Waals surface area contributed by atoms with E-state index in [0.29, 0.717) is 6.61 Å². The van der Waals surface area contributed by atoms with Crippen LogP contribution in [0.3, 0.4) is 0 Å². The van der Waals surface area contributed by atoms with Gasteiger partial charge in [0.05, 0.1) is 0 Å². The van der Waals surface area contributed by atoms with Crippen LogP contribution in [0.15, 0.2) is 0 Å². The predicted molar refractivity (Wildman–Crippen MR) is 45.9 cm³/mol. The van der Waals surface area contributed by atoms with Gasteiger partial charge in [-0.2, -0.15) is 0 Å². The summed E-state index contributed by atoms with van der Waals surface area (Å²) in [6.45, 7) is 5.89. The molecule has 0 aromatic heterocycles. The maximum absolute atomic E-state index is 11.3. The van der Waals surface area contributed by atoms with Gasteiger partial charge in [0.25, 0.3) is 5.91 Å². The van der Waals surface area contributed by atoms with Gasteiger partial charge >= 0.3 is 6.03 Å². The number of amides is 3. The monoisotopic (exact) mass is 186 g/mol. The van der Waals surface area contributed by atoms with Crippen molar-refractivity contribution in [3.8, 4) is 0 Å². The minimum Gasteiger partial charge on any atom is -0.361 e. The largest absolute Gasteiger partial charge is 0.361 e. The summed E-state index contributed by atoms with van der Waals surface area (Å²) >= 11 is 0. The van der Waals surface area contributed by atoms with Crippen molar-refractivity contribution in [2.24, 2.45) is 0 Å². The maximum atomic E-state index is 11.3. The highest BCUT2D eigenvalue weighted by atomic mass is 16.5. The van der Waals surface area contributed by atoms with Crippen molar-refractivity contribution in [2.45, 2.75) is 26.3 Å². The molecule has 0 aromatic rings. The molecule has 0 aromatic carbocycles. The van der Waals surface area contributed by atoms with Crippen molar-refractivity contribution in [3.63, 3.8) is 0 Å². The molecule has 1 N–H and O–H groups in total. The second-order valence-electron chi connectivity index (χ2n) is 3.37. The number of nitrogens with zero attached hydrogens (tertiary/aromatic N) is 1. The molecule has 5 nitrogen and oxygen atoms in total. The first-order chi connectivity index (χ1) is 6.00. The molecule has 1 aliphatic heterocycles. The van der Waals surface area contributed by atoms with E-state index in [1.54, 1.807) is 13.8 Å². The van der Waals surface area contributed by atoms with Gasteiger partial charge in [0, 0.05) is 6.61 Å². The van der Waals surface area contributed by atoms with Crippen molar-refractivity contribution in [1.29, 1.82) is 0 Å². The summed E-state index contributed by atoms with van der Waals surface area (Å²) in [4.78, 5) is 23.8. The van der Waals surface area contributed by atoms with Crippen molar-refractivity contribution < 1.29 is 14.3 Å². The third-order valence-electron chi connectivity index (χ3n) is 2.12. The highest BCUT2D eigenvalue weighted by Crippen LogP contribution is 2.20. The molecule has 1 rings (SSSR count). The Morgan fingerprint density at radius 2 is 2.08 bits per heavy atom. The number of nitrogens with one attached hydrogen (secondary N) is 1. The molecule has 1 aliphatic rings. The third-order valence-corrected chi connectivity index (χ3v) is 2.12. The van der Waals surface area contributed by atoms with E-state index in [1.165, 1.54) is 4.90 Å². The third kappa shape index (κ3) is 1.65. The molecule has 0 saturated carbocycles. The van der Waals surface area contributed by atoms with E-state index in [-0.39, 0.29) is 18.7 Å². The molecule has 1 fully saturated rings. The Hall–Kier alpha value is -1.10. The molecule has 0 unspecified atom stereocenters. The molecular weight excluding hydrogens is 172 g/mol. The number of imide groups is 1. The Morgan fingerprint density at radius 1 is 1.46 bits per heavy atom. The van der Waals surface area contributed by atoms with Crippen LogP contribution in [0.4, 0.5) is 4.79 Å². The molecule has 0 spiro atoms. The van der Waals surface area contributed by atoms with Gasteiger partial charge in [0.2, 0.25) is 0 Å². The Bertz CT molecular complexity index is 238. The molecule has 5 heteroatoms. The average molecular weight is 186 g/mol. The van der Waals surface area contributed by atoms with Crippen molar-refractivity contribution in [1.82, 2.24) is 10.2 Å². The lowest BCUT2D eigenvalue weighted by Gasteiger charge is -2.27. The summed E-state index contributed by atoms with van der Waals surface area (Å²) in [5.41, 5.74) is -0.799. The van der Waals surface area contributed by atoms with Crippen molar-refractivity contribution in [3.05, 3.63) is 0 Å². The van der Waals surface area contributed by atoms with Gasteiger partial charge in [0.1, 0.15) is 12.3 Å². The highest BCUT2D eigenvalue weighted by Gasteiger charge is 2.45. The number of urea groups is 1. The summed E-state index contributed by atoms with van der Waals surface area (Å²) in [6.07, 6.45) is 0. The highest BCUT2D eigenvalue weighted by molar-refractivity contribution is 6.06. The maximum Gasteiger partial charge on any atom is 0.326 e. The number of rotatable bonds is 3. The first-order valence-corrected chi connectivity index (χ1v) is 4.21. The molecule has 0 radical (unpaired) electrons. The van der Waals surface area contributed by atoms with Crippen LogP contribution in [0.1, 0.15) is 20.8 Å². The molecule has 13 heavy (non-hydrogen) atoms. The summed E-state index contributed by atoms with van der Waals surface area (Å²) in [7, 11) is 0. The van der Waals surface area contributed by atoms with Crippen LogP contribution in [0.2, 0.25) is 0 Å². The first-order valence-electron chi connectivity index (χ1n) is 4.21. The Balaban J connectivity index is 2.71. The second-order valence-corrected chi connectivity index (χ2v) is 3.37. The summed E-state index contributed by atoms with van der Waals surface area (Å²) in [5.74, 6) is -0.280. The normalized spacial score (nSPS) is 20.7. The molecule has 0 aliphatic carbocycles. The standard InChI is InChI=1S/C8H14N2O3/c1-4-13-5-10-7(12)9-6(11)8(10,2)3/h4-5H2,1-3H3,(H,9,11,12). The zero-order chi connectivity index (χ0) is 10.1. The number of carbonyl (C=O) groups excluding carboxylic acids is 2. The molecular formula is C8H14N2O3. The van der Waals surface area contributed by atoms with Crippen LogP contribution in [-0.4, -0.2) is 35.7 Å². The van der Waals surface area contributed by atoms with E-state index in [0.717, 1.165) is 0 Å². The van der Waals surface area contributed by atoms with Gasteiger partial charge in [-0.1, -0.05) is 0 Å². The Labute approximate surface area is 77.0 Å². The van der Waals surface area contributed by atoms with E-state index >= 15 is 0 Å². The van der Waals surface area contributed by atoms with Crippen LogP contribution in [-0.2, 0) is 9.53 Å². The fourth-order valence-corrected chi connectivity index (χ4v) is 1.10. The van der Waals surface area contributed by atoms with Crippen LogP contribution in [0.5, 0.6) is 0 Å². The zero-order valence-corrected chi connectivity index (χ0v) is 8.09. The van der Waals surface area contributed by atoms with Crippen LogP contribution < -0.4 is 5.32 Å². The SMILES string of the molecule is CCOCN1C(=O)NC(=O)C1(C)C. The van der Waals surface area contributed by atoms with Gasteiger partial charge in [-0.05, 0) is 20.8 Å². The zero-order valence-electron chi connectivity index (χ0n) is 8.09. The molecule has 0 atom stereocenters. The predicted octanol–water partition coefficient (Wildman–Crippen LogP) is 0.311. The average Bonchev–Trinajstić information content (AvgIpc) is 2.21. The number of hydrogen-bond acceptors (Lipinski definition) is 3. The van der Waals surface area contributed by atoms with Gasteiger partial charge in [0.15, 0.2) is 0 Å². The van der Waals surface area contributed by atoms with E-state index in [9.17, 15) is 9.59 Å². The minimum atomic E-state index is -0.799. The molecule has 1 heterocycles. The first kappa shape index (κ1) is 9.98. The smallest absolute Gasteiger partial charge is 0.326 e. The Kier molecular flexibility index (Phi) is 2.56. The molecule has 1 saturated heterocycles. The van der Waals surface area contributed by atoms with E-state index in [2.05, 4.69) is 5.32 Å². The fraction of sp³-hybridized carbons (Fsp3) is 0.750. The van der Waals surface area contributed by atoms with Crippen LogP contribution in [0.25, 0.3) is 0 Å². The van der Waals surface area contributed by atoms with Crippen molar-refractivity contribution >= 4 is 11.9 Å². The number of carbonyl (C=O) groups is 2. The topological polar surface area (TPSA) is 58.6 Å². The van der Waals surface area contributed by atoms with Gasteiger partial charge in [-0.15, -0.1) is 0 Å². The van der Waals surface area contributed by atoms with E-state index < -0.39 is 5.54 Å². The van der Waals surface area contributed by atoms with Crippen molar-refractivity contribution in [2.75, 3.05) is 13.3 Å².